The normalized spacial score (nSPS) is 14.6. The summed E-state index contributed by atoms with van der Waals surface area (Å²) in [6.45, 7) is 6.97. The second-order valence-electron chi connectivity index (χ2n) is 7.47. The lowest BCUT2D eigenvalue weighted by molar-refractivity contribution is -0.132. The Morgan fingerprint density at radius 3 is 2.59 bits per heavy atom. The van der Waals surface area contributed by atoms with Crippen molar-refractivity contribution in [2.45, 2.75) is 20.3 Å². The third kappa shape index (κ3) is 5.87. The van der Waals surface area contributed by atoms with Gasteiger partial charge < -0.3 is 19.5 Å². The quantitative estimate of drug-likeness (QED) is 0.715. The Morgan fingerprint density at radius 2 is 1.97 bits per heavy atom. The summed E-state index contributed by atoms with van der Waals surface area (Å²) in [7, 11) is 0. The van der Waals surface area contributed by atoms with Crippen molar-refractivity contribution in [1.29, 1.82) is 0 Å². The number of furan rings is 1. The number of benzene rings is 1. The Balaban J connectivity index is 1.56. The number of hydrogen-bond donors (Lipinski definition) is 1. The molecule has 2 heterocycles. The molecule has 3 rings (SSSR count). The fraction of sp³-hybridized carbons (Fsp3) is 0.364. The van der Waals surface area contributed by atoms with Crippen LogP contribution >= 0.6 is 11.6 Å². The lowest BCUT2D eigenvalue weighted by atomic mass is 10.1. The molecule has 7 heteroatoms. The molecule has 1 saturated heterocycles. The maximum atomic E-state index is 12.2. The van der Waals surface area contributed by atoms with Gasteiger partial charge in [-0.25, -0.2) is 0 Å². The first-order chi connectivity index (χ1) is 13.9. The molecule has 1 aromatic carbocycles. The van der Waals surface area contributed by atoms with E-state index in [2.05, 4.69) is 24.1 Å². The molecule has 1 aliphatic heterocycles. The summed E-state index contributed by atoms with van der Waals surface area (Å²) in [5, 5.41) is 3.36. The average molecular weight is 416 g/mol. The standard InChI is InChI=1S/C22H26ClN3O3/c1-16(2)14-22(28)26-11-9-25(10-12-26)20-7-5-17(15-19(20)23)24-21(27)8-6-18-4-3-13-29-18/h3-8,13,15-16H,9-12,14H2,1-2H3,(H,24,27)/b8-6+. The van der Waals surface area contributed by atoms with E-state index in [0.717, 1.165) is 18.8 Å². The molecule has 1 fully saturated rings. The van der Waals surface area contributed by atoms with Crippen LogP contribution in [-0.4, -0.2) is 42.9 Å². The van der Waals surface area contributed by atoms with Crippen molar-refractivity contribution in [2.75, 3.05) is 36.4 Å². The molecule has 2 amide bonds. The maximum absolute atomic E-state index is 12.2. The van der Waals surface area contributed by atoms with Gasteiger partial charge in [0.2, 0.25) is 11.8 Å². The van der Waals surface area contributed by atoms with Gasteiger partial charge in [-0.1, -0.05) is 25.4 Å². The number of halogens is 1. The van der Waals surface area contributed by atoms with E-state index >= 15 is 0 Å². The number of amides is 2. The van der Waals surface area contributed by atoms with Gasteiger partial charge in [0.05, 0.1) is 17.0 Å². The predicted molar refractivity (Wildman–Crippen MR) is 116 cm³/mol. The fourth-order valence-electron chi connectivity index (χ4n) is 3.24. The van der Waals surface area contributed by atoms with E-state index in [9.17, 15) is 9.59 Å². The van der Waals surface area contributed by atoms with E-state index in [1.54, 1.807) is 30.5 Å². The Labute approximate surface area is 176 Å². The first-order valence-corrected chi connectivity index (χ1v) is 10.1. The number of piperazine rings is 1. The molecule has 0 saturated carbocycles. The van der Waals surface area contributed by atoms with E-state index in [1.807, 2.05) is 17.0 Å². The minimum Gasteiger partial charge on any atom is -0.465 e. The van der Waals surface area contributed by atoms with Crippen molar-refractivity contribution in [2.24, 2.45) is 5.92 Å². The summed E-state index contributed by atoms with van der Waals surface area (Å²) < 4.78 is 5.16. The van der Waals surface area contributed by atoms with Crippen LogP contribution < -0.4 is 10.2 Å². The topological polar surface area (TPSA) is 65.8 Å². The Hall–Kier alpha value is -2.73. The molecule has 154 valence electrons. The van der Waals surface area contributed by atoms with E-state index < -0.39 is 0 Å². The zero-order valence-corrected chi connectivity index (χ0v) is 17.5. The van der Waals surface area contributed by atoms with Crippen molar-refractivity contribution in [3.8, 4) is 0 Å². The van der Waals surface area contributed by atoms with Crippen molar-refractivity contribution in [1.82, 2.24) is 4.90 Å². The van der Waals surface area contributed by atoms with Gasteiger partial charge in [0.1, 0.15) is 5.76 Å². The van der Waals surface area contributed by atoms with Gasteiger partial charge in [0.15, 0.2) is 0 Å². The van der Waals surface area contributed by atoms with Crippen molar-refractivity contribution < 1.29 is 14.0 Å². The molecule has 0 radical (unpaired) electrons. The lowest BCUT2D eigenvalue weighted by Crippen LogP contribution is -2.49. The van der Waals surface area contributed by atoms with Crippen molar-refractivity contribution in [3.63, 3.8) is 0 Å². The molecule has 2 aromatic rings. The molecule has 0 bridgehead atoms. The smallest absolute Gasteiger partial charge is 0.248 e. The molecule has 0 unspecified atom stereocenters. The highest BCUT2D eigenvalue weighted by molar-refractivity contribution is 6.33. The van der Waals surface area contributed by atoms with E-state index in [4.69, 9.17) is 16.0 Å². The SMILES string of the molecule is CC(C)CC(=O)N1CCN(c2ccc(NC(=O)/C=C/c3ccco3)cc2Cl)CC1. The lowest BCUT2D eigenvalue weighted by Gasteiger charge is -2.36. The monoisotopic (exact) mass is 415 g/mol. The molecule has 1 aliphatic rings. The summed E-state index contributed by atoms with van der Waals surface area (Å²) in [5.41, 5.74) is 1.53. The number of hydrogen-bond acceptors (Lipinski definition) is 4. The van der Waals surface area contributed by atoms with E-state index in [0.29, 0.717) is 41.9 Å². The number of carbonyl (C=O) groups is 2. The van der Waals surface area contributed by atoms with Crippen molar-refractivity contribution in [3.05, 3.63) is 53.5 Å². The first kappa shape index (κ1) is 21.0. The van der Waals surface area contributed by atoms with Crippen LogP contribution in [0.25, 0.3) is 6.08 Å². The second kappa shape index (κ2) is 9.65. The number of rotatable bonds is 6. The van der Waals surface area contributed by atoms with Gasteiger partial charge >= 0.3 is 0 Å². The molecule has 0 spiro atoms. The Kier molecular flexibility index (Phi) is 6.99. The summed E-state index contributed by atoms with van der Waals surface area (Å²) in [4.78, 5) is 28.4. The highest BCUT2D eigenvalue weighted by Crippen LogP contribution is 2.30. The van der Waals surface area contributed by atoms with Gasteiger partial charge in [0, 0.05) is 44.4 Å². The van der Waals surface area contributed by atoms with Crippen LogP contribution in [0.1, 0.15) is 26.0 Å². The molecular weight excluding hydrogens is 390 g/mol. The summed E-state index contributed by atoms with van der Waals surface area (Å²) in [5.74, 6) is 0.931. The number of nitrogens with zero attached hydrogens (tertiary/aromatic N) is 2. The van der Waals surface area contributed by atoms with Crippen LogP contribution in [0.15, 0.2) is 47.1 Å². The number of carbonyl (C=O) groups excluding carboxylic acids is 2. The Bertz CT molecular complexity index is 869. The number of nitrogens with one attached hydrogen (secondary N) is 1. The molecule has 6 nitrogen and oxygen atoms in total. The van der Waals surface area contributed by atoms with Gasteiger partial charge in [-0.15, -0.1) is 0 Å². The molecule has 1 aromatic heterocycles. The van der Waals surface area contributed by atoms with Gasteiger partial charge in [-0.2, -0.15) is 0 Å². The van der Waals surface area contributed by atoms with E-state index in [1.165, 1.54) is 6.08 Å². The highest BCUT2D eigenvalue weighted by atomic mass is 35.5. The maximum Gasteiger partial charge on any atom is 0.248 e. The predicted octanol–water partition coefficient (Wildman–Crippen LogP) is 4.28. The molecule has 29 heavy (non-hydrogen) atoms. The van der Waals surface area contributed by atoms with Crippen LogP contribution in [0, 0.1) is 5.92 Å². The van der Waals surface area contributed by atoms with Crippen LogP contribution in [0.2, 0.25) is 5.02 Å². The zero-order chi connectivity index (χ0) is 20.8. The second-order valence-corrected chi connectivity index (χ2v) is 7.88. The minimum atomic E-state index is -0.262. The van der Waals surface area contributed by atoms with Crippen LogP contribution in [0.3, 0.4) is 0 Å². The summed E-state index contributed by atoms with van der Waals surface area (Å²) in [6, 6.07) is 9.00. The van der Waals surface area contributed by atoms with Crippen LogP contribution in [0.4, 0.5) is 11.4 Å². The molecule has 0 aliphatic carbocycles. The van der Waals surface area contributed by atoms with Gasteiger partial charge in [0.25, 0.3) is 0 Å². The average Bonchev–Trinajstić information content (AvgIpc) is 3.20. The fourth-order valence-corrected chi connectivity index (χ4v) is 3.54. The van der Waals surface area contributed by atoms with Gasteiger partial charge in [-0.3, -0.25) is 9.59 Å². The van der Waals surface area contributed by atoms with Crippen LogP contribution in [0.5, 0.6) is 0 Å². The van der Waals surface area contributed by atoms with Crippen LogP contribution in [-0.2, 0) is 9.59 Å². The molecular formula is C22H26ClN3O3. The first-order valence-electron chi connectivity index (χ1n) is 9.77. The third-order valence-electron chi connectivity index (χ3n) is 4.71. The largest absolute Gasteiger partial charge is 0.465 e. The van der Waals surface area contributed by atoms with Crippen molar-refractivity contribution >= 4 is 40.9 Å². The highest BCUT2D eigenvalue weighted by Gasteiger charge is 2.22. The Morgan fingerprint density at radius 1 is 1.21 bits per heavy atom. The molecule has 1 N–H and O–H groups in total. The number of anilines is 2. The minimum absolute atomic E-state index is 0.214. The third-order valence-corrected chi connectivity index (χ3v) is 5.02. The van der Waals surface area contributed by atoms with Gasteiger partial charge in [-0.05, 0) is 42.3 Å². The van der Waals surface area contributed by atoms with E-state index in [-0.39, 0.29) is 11.8 Å². The summed E-state index contributed by atoms with van der Waals surface area (Å²) in [6.07, 6.45) is 5.15. The molecule has 0 atom stereocenters. The summed E-state index contributed by atoms with van der Waals surface area (Å²) >= 11 is 6.47. The zero-order valence-electron chi connectivity index (χ0n) is 16.7.